The van der Waals surface area contributed by atoms with Crippen LogP contribution in [-0.4, -0.2) is 52.2 Å². The Morgan fingerprint density at radius 1 is 1.06 bits per heavy atom. The van der Waals surface area contributed by atoms with Crippen molar-refractivity contribution >= 4 is 17.8 Å². The van der Waals surface area contributed by atoms with Crippen LogP contribution < -0.4 is 10.1 Å². The van der Waals surface area contributed by atoms with Crippen molar-refractivity contribution in [1.82, 2.24) is 15.3 Å². The van der Waals surface area contributed by atoms with E-state index >= 15 is 8.78 Å². The molecule has 248 valence electrons. The summed E-state index contributed by atoms with van der Waals surface area (Å²) >= 11 is 0. The smallest absolute Gasteiger partial charge is 0.412 e. The first-order valence-corrected chi connectivity index (χ1v) is 14.9. The molecule has 3 aromatic rings. The molecule has 5 rings (SSSR count). The van der Waals surface area contributed by atoms with E-state index in [4.69, 9.17) is 4.74 Å². The largest absolute Gasteiger partial charge is 0.481 e. The number of aryl methyl sites for hydroxylation is 2. The van der Waals surface area contributed by atoms with E-state index in [0.29, 0.717) is 29.2 Å². The molecule has 0 radical (unpaired) electrons. The number of carbonyl (C=O) groups excluding carboxylic acids is 2. The number of halogens is 5. The van der Waals surface area contributed by atoms with Crippen LogP contribution in [0.4, 0.5) is 22.0 Å². The van der Waals surface area contributed by atoms with E-state index in [1.165, 1.54) is 37.1 Å². The van der Waals surface area contributed by atoms with E-state index in [0.717, 1.165) is 11.1 Å². The fourth-order valence-corrected chi connectivity index (χ4v) is 5.80. The van der Waals surface area contributed by atoms with Crippen molar-refractivity contribution in [3.63, 3.8) is 0 Å². The van der Waals surface area contributed by atoms with Crippen LogP contribution in [0.1, 0.15) is 60.5 Å². The highest BCUT2D eigenvalue weighted by molar-refractivity contribution is 5.94. The van der Waals surface area contributed by atoms with Gasteiger partial charge in [-0.25, -0.2) is 13.8 Å². The molecule has 13 heteroatoms. The minimum Gasteiger partial charge on any atom is -0.481 e. The zero-order valence-electron chi connectivity index (χ0n) is 25.8. The lowest BCUT2D eigenvalue weighted by Crippen LogP contribution is -2.57. The van der Waals surface area contributed by atoms with Crippen molar-refractivity contribution in [2.24, 2.45) is 0 Å². The number of amides is 2. The monoisotopic (exact) mass is 657 g/mol. The number of carboxylic acid groups (broad SMARTS) is 1. The summed E-state index contributed by atoms with van der Waals surface area (Å²) in [5.74, 6) is -5.24. The first kappa shape index (κ1) is 33.6. The molecular formula is C34H32F5N3O5. The normalized spacial score (nSPS) is 18.4. The number of nitrogens with zero attached hydrogens (tertiary/aromatic N) is 2. The summed E-state index contributed by atoms with van der Waals surface area (Å²) in [6.45, 7) is 4.80. The number of hydrogen-bond acceptors (Lipinski definition) is 5. The number of carbonyl (C=O) groups is 3. The van der Waals surface area contributed by atoms with E-state index in [-0.39, 0.29) is 35.7 Å². The highest BCUT2D eigenvalue weighted by atomic mass is 19.4. The summed E-state index contributed by atoms with van der Waals surface area (Å²) in [5, 5.41) is 14.3. The number of rotatable bonds is 6. The van der Waals surface area contributed by atoms with E-state index in [1.54, 1.807) is 31.2 Å². The lowest BCUT2D eigenvalue weighted by molar-refractivity contribution is -0.167. The molecule has 1 fully saturated rings. The maximum Gasteiger partial charge on any atom is 0.412 e. The van der Waals surface area contributed by atoms with Gasteiger partial charge < -0.3 is 15.2 Å². The van der Waals surface area contributed by atoms with Crippen LogP contribution in [0.2, 0.25) is 0 Å². The van der Waals surface area contributed by atoms with E-state index in [2.05, 4.69) is 5.32 Å². The molecule has 2 aliphatic heterocycles. The van der Waals surface area contributed by atoms with Gasteiger partial charge in [-0.1, -0.05) is 19.1 Å². The number of fused-ring (bicyclic) bond motifs is 6. The molecule has 0 spiro atoms. The number of aliphatic carboxylic acids is 1. The standard InChI is InChI=1S/C34H32F5N3O5/c1-4-21(34(37,38)39)15-28(43)42(41-11-6-12-41)32-23-16-22(9-10-25(23)35)47-27-8-5-7-18(2)30(27)20-13-19(3)31(36)24(14-20)26(17-29(44)45)40-33(32)46/h5,7-10,13-16,26,32H,4,6,11-12,17H2,1-3H3,(H,40,46)(H,44,45)/b21-15+/t26-,32-/m0/s1. The lowest BCUT2D eigenvalue weighted by Gasteiger charge is -2.44. The van der Waals surface area contributed by atoms with Crippen LogP contribution in [0.25, 0.3) is 11.1 Å². The summed E-state index contributed by atoms with van der Waals surface area (Å²) in [6, 6.07) is 8.08. The second-order valence-electron chi connectivity index (χ2n) is 11.5. The molecule has 3 aromatic carbocycles. The molecular weight excluding hydrogens is 625 g/mol. The second kappa shape index (κ2) is 13.1. The highest BCUT2D eigenvalue weighted by Crippen LogP contribution is 2.41. The Hall–Kier alpha value is -4.78. The zero-order valence-corrected chi connectivity index (χ0v) is 25.8. The molecule has 2 amide bonds. The Kier molecular flexibility index (Phi) is 9.39. The number of nitrogens with one attached hydrogen (secondary N) is 1. The third-order valence-corrected chi connectivity index (χ3v) is 8.27. The van der Waals surface area contributed by atoms with Crippen molar-refractivity contribution in [1.29, 1.82) is 0 Å². The predicted molar refractivity (Wildman–Crippen MR) is 161 cm³/mol. The Balaban J connectivity index is 1.78. The topological polar surface area (TPSA) is 99.2 Å². The number of allylic oxidation sites excluding steroid dienone is 1. The molecule has 0 aliphatic carbocycles. The van der Waals surface area contributed by atoms with Gasteiger partial charge in [-0.05, 0) is 79.8 Å². The molecule has 8 nitrogen and oxygen atoms in total. The molecule has 2 N–H and O–H groups in total. The Morgan fingerprint density at radius 2 is 1.79 bits per heavy atom. The van der Waals surface area contributed by atoms with Crippen LogP contribution in [0.5, 0.6) is 11.5 Å². The van der Waals surface area contributed by atoms with Gasteiger partial charge in [0.25, 0.3) is 5.91 Å². The van der Waals surface area contributed by atoms with Crippen molar-refractivity contribution in [3.05, 3.63) is 94.1 Å². The van der Waals surface area contributed by atoms with Crippen LogP contribution in [0.3, 0.4) is 0 Å². The zero-order chi connectivity index (χ0) is 34.2. The number of hydrazine groups is 1. The molecule has 2 atom stereocenters. The lowest BCUT2D eigenvalue weighted by atomic mass is 9.92. The van der Waals surface area contributed by atoms with Gasteiger partial charge in [0, 0.05) is 41.4 Å². The van der Waals surface area contributed by atoms with E-state index in [1.807, 2.05) is 0 Å². The quantitative estimate of drug-likeness (QED) is 0.217. The average molecular weight is 658 g/mol. The fourth-order valence-electron chi connectivity index (χ4n) is 5.80. The Bertz CT molecular complexity index is 1770. The van der Waals surface area contributed by atoms with Crippen LogP contribution in [-0.2, 0) is 14.4 Å². The van der Waals surface area contributed by atoms with Crippen LogP contribution >= 0.6 is 0 Å². The fraction of sp³-hybridized carbons (Fsp3) is 0.324. The maximum absolute atomic E-state index is 15.8. The molecule has 0 aromatic heterocycles. The Morgan fingerprint density at radius 3 is 2.40 bits per heavy atom. The van der Waals surface area contributed by atoms with Crippen molar-refractivity contribution in [3.8, 4) is 22.6 Å². The molecule has 2 aliphatic rings. The molecule has 2 heterocycles. The van der Waals surface area contributed by atoms with Crippen LogP contribution in [0.15, 0.2) is 60.2 Å². The summed E-state index contributed by atoms with van der Waals surface area (Å²) in [4.78, 5) is 40.0. The number of alkyl halides is 3. The Labute approximate surface area is 267 Å². The third kappa shape index (κ3) is 6.85. The maximum atomic E-state index is 15.8. The van der Waals surface area contributed by atoms with Gasteiger partial charge in [-0.3, -0.25) is 19.4 Å². The minimum absolute atomic E-state index is 0.0440. The van der Waals surface area contributed by atoms with Gasteiger partial charge in [-0.2, -0.15) is 13.2 Å². The molecule has 4 bridgehead atoms. The SMILES string of the molecule is CC/C(=C\C(=O)N([C@@H]1C(=O)N[C@@H](CC(=O)O)c2cc(cc(C)c2F)-c2c(C)cccc2Oc2ccc(F)c1c2)N1CCC1)C(F)(F)F. The van der Waals surface area contributed by atoms with Crippen molar-refractivity contribution < 1.29 is 46.2 Å². The average Bonchev–Trinajstić information content (AvgIpc) is 2.96. The molecule has 1 saturated heterocycles. The molecule has 0 unspecified atom stereocenters. The van der Waals surface area contributed by atoms with Crippen molar-refractivity contribution in [2.45, 2.75) is 58.3 Å². The minimum atomic E-state index is -4.85. The first-order valence-electron chi connectivity index (χ1n) is 14.9. The number of benzene rings is 3. The molecule has 47 heavy (non-hydrogen) atoms. The van der Waals surface area contributed by atoms with Gasteiger partial charge in [0.05, 0.1) is 12.5 Å². The van der Waals surface area contributed by atoms with Gasteiger partial charge in [0.2, 0.25) is 5.91 Å². The van der Waals surface area contributed by atoms with Gasteiger partial charge in [0.1, 0.15) is 23.1 Å². The third-order valence-electron chi connectivity index (χ3n) is 8.27. The predicted octanol–water partition coefficient (Wildman–Crippen LogP) is 7.08. The number of ether oxygens (including phenoxy) is 1. The summed E-state index contributed by atoms with van der Waals surface area (Å²) in [6.07, 6.45) is -5.31. The second-order valence-corrected chi connectivity index (χ2v) is 11.5. The van der Waals surface area contributed by atoms with E-state index in [9.17, 15) is 32.7 Å². The molecule has 0 saturated carbocycles. The van der Waals surface area contributed by atoms with E-state index < -0.39 is 71.7 Å². The number of hydrogen-bond donors (Lipinski definition) is 2. The highest BCUT2D eigenvalue weighted by Gasteiger charge is 2.42. The first-order chi connectivity index (χ1) is 22.2. The van der Waals surface area contributed by atoms with Crippen molar-refractivity contribution in [2.75, 3.05) is 13.1 Å². The van der Waals surface area contributed by atoms with Gasteiger partial charge >= 0.3 is 12.1 Å². The summed E-state index contributed by atoms with van der Waals surface area (Å²) < 4.78 is 79.0. The number of carboxylic acids is 1. The van der Waals surface area contributed by atoms with Gasteiger partial charge in [0.15, 0.2) is 6.04 Å². The van der Waals surface area contributed by atoms with Crippen LogP contribution in [0, 0.1) is 25.5 Å². The summed E-state index contributed by atoms with van der Waals surface area (Å²) in [7, 11) is 0. The van der Waals surface area contributed by atoms with Gasteiger partial charge in [-0.15, -0.1) is 0 Å². The summed E-state index contributed by atoms with van der Waals surface area (Å²) in [5.41, 5.74) is 0.0481.